The van der Waals surface area contributed by atoms with Gasteiger partial charge in [-0.25, -0.2) is 9.59 Å². The number of likely N-dealkylation sites (tertiary alicyclic amines) is 2. The number of nitrogens with one attached hydrogen (secondary N) is 2. The zero-order valence-electron chi connectivity index (χ0n) is 32.2. The predicted octanol–water partition coefficient (Wildman–Crippen LogP) is 3.19. The Morgan fingerprint density at radius 3 is 1.41 bits per heavy atom. The summed E-state index contributed by atoms with van der Waals surface area (Å²) in [7, 11) is 0. The minimum absolute atomic E-state index is 0.223. The molecule has 4 fully saturated rings. The first-order valence-electron chi connectivity index (χ1n) is 19.4. The van der Waals surface area contributed by atoms with Gasteiger partial charge in [-0.05, 0) is 75.3 Å². The Labute approximate surface area is 336 Å². The van der Waals surface area contributed by atoms with E-state index in [1.54, 1.807) is 39.8 Å². The van der Waals surface area contributed by atoms with Crippen molar-refractivity contribution in [2.75, 3.05) is 77.0 Å². The molecule has 302 valence electrons. The molecule has 4 heterocycles. The lowest BCUT2D eigenvalue weighted by atomic mass is 10.0. The van der Waals surface area contributed by atoms with E-state index >= 15 is 0 Å². The zero-order chi connectivity index (χ0) is 39.8. The van der Waals surface area contributed by atoms with Gasteiger partial charge >= 0.3 is 11.9 Å². The highest BCUT2D eigenvalue weighted by atomic mass is 35.5. The molecule has 4 unspecified atom stereocenters. The fraction of sp³-hybridized carbons (Fsp3) is 0.600. The minimum Gasteiger partial charge on any atom is -0.492 e. The van der Waals surface area contributed by atoms with Crippen molar-refractivity contribution in [1.82, 2.24) is 20.4 Å². The number of fused-ring (bicyclic) bond motifs is 4. The molecule has 56 heavy (non-hydrogen) atoms. The molecule has 0 radical (unpaired) electrons. The highest BCUT2D eigenvalue weighted by molar-refractivity contribution is 6.34. The molecule has 2 saturated carbocycles. The van der Waals surface area contributed by atoms with Crippen LogP contribution in [0.3, 0.4) is 0 Å². The summed E-state index contributed by atoms with van der Waals surface area (Å²) in [5.41, 5.74) is 13.7. The average Bonchev–Trinajstić information content (AvgIpc) is 3.59. The van der Waals surface area contributed by atoms with Crippen LogP contribution in [0, 0.1) is 35.5 Å². The van der Waals surface area contributed by atoms with Crippen LogP contribution < -0.4 is 31.6 Å². The quantitative estimate of drug-likeness (QED) is 0.140. The number of rotatable bonds is 12. The number of halogens is 2. The lowest BCUT2D eigenvalue weighted by molar-refractivity contribution is -0.184. The first kappa shape index (κ1) is 38.9. The van der Waals surface area contributed by atoms with Gasteiger partial charge in [0.2, 0.25) is 0 Å². The van der Waals surface area contributed by atoms with Crippen molar-refractivity contribution in [2.45, 2.75) is 51.7 Å². The van der Waals surface area contributed by atoms with E-state index in [0.29, 0.717) is 132 Å². The molecule has 2 aromatic rings. The number of benzene rings is 2. The second-order valence-corrected chi connectivity index (χ2v) is 18.4. The van der Waals surface area contributed by atoms with Crippen molar-refractivity contribution in [3.63, 3.8) is 0 Å². The van der Waals surface area contributed by atoms with Gasteiger partial charge in [-0.1, -0.05) is 23.2 Å². The van der Waals surface area contributed by atoms with Crippen molar-refractivity contribution in [2.24, 2.45) is 35.5 Å². The van der Waals surface area contributed by atoms with Gasteiger partial charge in [-0.2, -0.15) is 0 Å². The maximum absolute atomic E-state index is 13.0. The topological polar surface area (TPSA) is 188 Å². The Morgan fingerprint density at radius 2 is 1.05 bits per heavy atom. The number of anilines is 2. The summed E-state index contributed by atoms with van der Waals surface area (Å²) in [6.45, 7) is 13.4. The molecule has 2 saturated heterocycles. The van der Waals surface area contributed by atoms with Crippen LogP contribution >= 0.6 is 23.2 Å². The SMILES string of the molecule is CC(C)(CN1CC2C(CNC(=O)c3cc(Cl)c(N)c4c3OCC4)C2C1)OC(=O)C(=O)OC(C)(C)CN1CC2C(CNC(=O)c3cc(Cl)c(N)c4c3OCC4)C2C1. The predicted molar refractivity (Wildman–Crippen MR) is 209 cm³/mol. The van der Waals surface area contributed by atoms with Crippen molar-refractivity contribution in [3.05, 3.63) is 44.4 Å². The third-order valence-electron chi connectivity index (χ3n) is 12.4. The molecule has 4 aliphatic heterocycles. The normalized spacial score (nSPS) is 26.0. The summed E-state index contributed by atoms with van der Waals surface area (Å²) >= 11 is 12.6. The maximum Gasteiger partial charge on any atom is 0.418 e. The van der Waals surface area contributed by atoms with E-state index in [1.165, 1.54) is 0 Å². The number of hydrogen-bond acceptors (Lipinski definition) is 12. The summed E-state index contributed by atoms with van der Waals surface area (Å²) < 4.78 is 22.7. The maximum atomic E-state index is 13.0. The molecule has 2 aliphatic carbocycles. The van der Waals surface area contributed by atoms with E-state index in [1.807, 2.05) is 0 Å². The smallest absolute Gasteiger partial charge is 0.418 e. The van der Waals surface area contributed by atoms with E-state index in [9.17, 15) is 19.2 Å². The number of hydrogen-bond donors (Lipinski definition) is 4. The van der Waals surface area contributed by atoms with E-state index in [-0.39, 0.29) is 11.8 Å². The van der Waals surface area contributed by atoms with Crippen molar-refractivity contribution < 1.29 is 38.1 Å². The fourth-order valence-corrected chi connectivity index (χ4v) is 10.2. The molecular weight excluding hydrogens is 763 g/mol. The number of carbonyl (C=O) groups is 4. The van der Waals surface area contributed by atoms with Crippen LogP contribution in [0.15, 0.2) is 12.1 Å². The highest BCUT2D eigenvalue weighted by Crippen LogP contribution is 2.52. The Hall–Kier alpha value is -3.98. The standard InChI is InChI=1S/C40H50Cl2N6O8/c1-39(2,17-47-13-25-23(26(25)14-47)11-45-35(49)21-9-29(41)31(43)19-5-7-53-33(19)21)55-37(51)38(52)56-40(3,4)18-48-15-27-24(28(27)16-48)12-46-36(50)22-10-30(42)32(44)20-6-8-54-34(20)22/h9-10,23-28H,5-8,11-18,43-44H2,1-4H3,(H,45,49)(H,46,50). The number of nitrogens with two attached hydrogens (primary N) is 2. The molecule has 0 bridgehead atoms. The second-order valence-electron chi connectivity index (χ2n) is 17.5. The Morgan fingerprint density at radius 1 is 0.696 bits per heavy atom. The van der Waals surface area contributed by atoms with Gasteiger partial charge < -0.3 is 41.0 Å². The second kappa shape index (κ2) is 14.4. The van der Waals surface area contributed by atoms with Gasteiger partial charge in [0.05, 0.1) is 45.8 Å². The fourth-order valence-electron chi connectivity index (χ4n) is 9.75. The average molecular weight is 814 g/mol. The molecule has 0 aromatic heterocycles. The van der Waals surface area contributed by atoms with Gasteiger partial charge in [0.25, 0.3) is 11.8 Å². The Balaban J connectivity index is 0.731. The van der Waals surface area contributed by atoms with E-state index < -0.39 is 23.1 Å². The summed E-state index contributed by atoms with van der Waals surface area (Å²) in [5.74, 6) is 1.03. The van der Waals surface area contributed by atoms with Crippen LogP contribution in [-0.4, -0.2) is 110 Å². The summed E-state index contributed by atoms with van der Waals surface area (Å²) in [6.07, 6.45) is 1.26. The molecule has 16 heteroatoms. The van der Waals surface area contributed by atoms with E-state index in [4.69, 9.17) is 53.6 Å². The minimum atomic E-state index is -1.01. The number of amides is 2. The largest absolute Gasteiger partial charge is 0.492 e. The molecule has 0 spiro atoms. The molecule has 4 atom stereocenters. The first-order chi connectivity index (χ1) is 26.5. The molecular formula is C40H50Cl2N6O8. The van der Waals surface area contributed by atoms with Crippen LogP contribution in [-0.2, 0) is 31.9 Å². The number of nitrogens with zero attached hydrogens (tertiary/aromatic N) is 2. The highest BCUT2D eigenvalue weighted by Gasteiger charge is 2.57. The van der Waals surface area contributed by atoms with Crippen molar-refractivity contribution >= 4 is 58.3 Å². The lowest BCUT2D eigenvalue weighted by Gasteiger charge is -2.33. The van der Waals surface area contributed by atoms with Crippen LogP contribution in [0.25, 0.3) is 0 Å². The molecule has 2 amide bonds. The summed E-state index contributed by atoms with van der Waals surface area (Å²) in [5, 5.41) is 6.82. The number of nitrogen functional groups attached to an aromatic ring is 2. The van der Waals surface area contributed by atoms with Crippen LogP contribution in [0.4, 0.5) is 11.4 Å². The number of esters is 2. The van der Waals surface area contributed by atoms with Gasteiger partial charge in [-0.3, -0.25) is 19.4 Å². The Bertz CT molecular complexity index is 1830. The third-order valence-corrected chi connectivity index (χ3v) is 13.1. The zero-order valence-corrected chi connectivity index (χ0v) is 33.7. The number of ether oxygens (including phenoxy) is 4. The summed E-state index contributed by atoms with van der Waals surface area (Å²) in [6, 6.07) is 3.15. The third kappa shape index (κ3) is 7.57. The molecule has 6 N–H and O–H groups in total. The summed E-state index contributed by atoms with van der Waals surface area (Å²) in [4.78, 5) is 56.4. The van der Waals surface area contributed by atoms with Crippen molar-refractivity contribution in [3.8, 4) is 11.5 Å². The first-order valence-corrected chi connectivity index (χ1v) is 20.2. The van der Waals surface area contributed by atoms with Gasteiger partial charge in [0.15, 0.2) is 0 Å². The number of piperidine rings is 2. The van der Waals surface area contributed by atoms with Crippen LogP contribution in [0.1, 0.15) is 59.5 Å². The molecule has 8 rings (SSSR count). The van der Waals surface area contributed by atoms with Crippen LogP contribution in [0.5, 0.6) is 11.5 Å². The van der Waals surface area contributed by atoms with Gasteiger partial charge in [0, 0.05) is 76.3 Å². The van der Waals surface area contributed by atoms with Gasteiger partial charge in [0.1, 0.15) is 22.7 Å². The van der Waals surface area contributed by atoms with Gasteiger partial charge in [-0.15, -0.1) is 0 Å². The lowest BCUT2D eigenvalue weighted by Crippen LogP contribution is -2.46. The Kier molecular flexibility index (Phi) is 10.0. The number of carbonyl (C=O) groups excluding carboxylic acids is 4. The van der Waals surface area contributed by atoms with Crippen molar-refractivity contribution in [1.29, 1.82) is 0 Å². The molecule has 14 nitrogen and oxygen atoms in total. The molecule has 6 aliphatic rings. The van der Waals surface area contributed by atoms with Crippen LogP contribution in [0.2, 0.25) is 10.0 Å². The molecule has 2 aromatic carbocycles. The monoisotopic (exact) mass is 812 g/mol. The van der Waals surface area contributed by atoms with E-state index in [2.05, 4.69) is 20.4 Å². The van der Waals surface area contributed by atoms with E-state index in [0.717, 1.165) is 37.3 Å².